The molecule has 0 spiro atoms. The predicted octanol–water partition coefficient (Wildman–Crippen LogP) is 4.51. The van der Waals surface area contributed by atoms with E-state index in [9.17, 15) is 14.0 Å². The molecule has 2 aliphatic rings. The highest BCUT2D eigenvalue weighted by Gasteiger charge is 2.40. The van der Waals surface area contributed by atoms with Crippen LogP contribution >= 0.6 is 0 Å². The molecule has 2 amide bonds. The molecule has 7 heteroatoms. The number of nitrogens with zero attached hydrogens (tertiary/aromatic N) is 2. The van der Waals surface area contributed by atoms with Gasteiger partial charge in [-0.15, -0.1) is 0 Å². The highest BCUT2D eigenvalue weighted by molar-refractivity contribution is 6.08. The number of hydrogen-bond acceptors (Lipinski definition) is 3. The zero-order valence-corrected chi connectivity index (χ0v) is 18.9. The van der Waals surface area contributed by atoms with Crippen LogP contribution in [0.15, 0.2) is 54.9 Å². The molecule has 2 N–H and O–H groups in total. The molecule has 1 atom stereocenters. The minimum absolute atomic E-state index is 0.144. The fraction of sp³-hybridized carbons (Fsp3) is 0.333. The molecule has 2 aromatic carbocycles. The first-order valence-electron chi connectivity index (χ1n) is 12.0. The number of H-pyrrole nitrogens is 2. The van der Waals surface area contributed by atoms with Crippen molar-refractivity contribution in [2.45, 2.75) is 31.1 Å². The summed E-state index contributed by atoms with van der Waals surface area (Å²) >= 11 is 0. The number of aromatic nitrogens is 2. The van der Waals surface area contributed by atoms with Crippen molar-refractivity contribution in [3.05, 3.63) is 71.8 Å². The second kappa shape index (κ2) is 8.40. The maximum atomic E-state index is 13.8. The number of nitrogens with one attached hydrogen (secondary N) is 2. The number of likely N-dealkylation sites (tertiary alicyclic amines) is 2. The maximum Gasteiger partial charge on any atom is 0.237 e. The highest BCUT2D eigenvalue weighted by Crippen LogP contribution is 2.35. The quantitative estimate of drug-likeness (QED) is 0.432. The molecule has 2 aliphatic heterocycles. The zero-order chi connectivity index (χ0) is 23.2. The van der Waals surface area contributed by atoms with E-state index in [0.29, 0.717) is 30.0 Å². The Balaban J connectivity index is 1.08. The first-order valence-corrected chi connectivity index (χ1v) is 12.0. The van der Waals surface area contributed by atoms with Crippen LogP contribution in [0.4, 0.5) is 4.39 Å². The van der Waals surface area contributed by atoms with E-state index in [4.69, 9.17) is 0 Å². The van der Waals surface area contributed by atoms with Crippen LogP contribution in [0, 0.1) is 5.82 Å². The van der Waals surface area contributed by atoms with Gasteiger partial charge in [0.2, 0.25) is 11.8 Å². The molecule has 2 aromatic heterocycles. The molecule has 0 radical (unpaired) electrons. The van der Waals surface area contributed by atoms with E-state index < -0.39 is 5.92 Å². The number of amides is 2. The number of rotatable bonds is 5. The van der Waals surface area contributed by atoms with Crippen LogP contribution < -0.4 is 0 Å². The lowest BCUT2D eigenvalue weighted by molar-refractivity contribution is -0.138. The van der Waals surface area contributed by atoms with Crippen LogP contribution in [0.3, 0.4) is 0 Å². The molecule has 174 valence electrons. The summed E-state index contributed by atoms with van der Waals surface area (Å²) in [5, 5.41) is 1.98. The highest BCUT2D eigenvalue weighted by atomic mass is 19.1. The molecule has 6 rings (SSSR count). The van der Waals surface area contributed by atoms with Gasteiger partial charge in [0.1, 0.15) is 5.82 Å². The Bertz CT molecular complexity index is 1380. The van der Waals surface area contributed by atoms with Gasteiger partial charge in [-0.2, -0.15) is 0 Å². The van der Waals surface area contributed by atoms with Crippen LogP contribution in [0.5, 0.6) is 0 Å². The third-order valence-corrected chi connectivity index (χ3v) is 7.58. The molecule has 1 unspecified atom stereocenters. The molecule has 0 saturated carbocycles. The molecule has 2 fully saturated rings. The van der Waals surface area contributed by atoms with E-state index >= 15 is 0 Å². The van der Waals surface area contributed by atoms with Gasteiger partial charge < -0.3 is 14.9 Å². The number of fused-ring (bicyclic) bond motifs is 2. The number of hydrogen-bond donors (Lipinski definition) is 2. The third kappa shape index (κ3) is 3.60. The smallest absolute Gasteiger partial charge is 0.237 e. The summed E-state index contributed by atoms with van der Waals surface area (Å²) in [6.07, 6.45) is 6.15. The summed E-state index contributed by atoms with van der Waals surface area (Å²) in [7, 11) is 0. The number of halogens is 1. The third-order valence-electron chi connectivity index (χ3n) is 7.58. The van der Waals surface area contributed by atoms with Crippen molar-refractivity contribution in [3.8, 4) is 0 Å². The maximum absolute atomic E-state index is 13.8. The lowest BCUT2D eigenvalue weighted by Gasteiger charge is -2.32. The molecule has 0 aliphatic carbocycles. The lowest BCUT2D eigenvalue weighted by atomic mass is 9.89. The summed E-state index contributed by atoms with van der Waals surface area (Å²) < 4.78 is 13.8. The van der Waals surface area contributed by atoms with Gasteiger partial charge in [0.15, 0.2) is 0 Å². The van der Waals surface area contributed by atoms with Gasteiger partial charge in [0, 0.05) is 53.7 Å². The van der Waals surface area contributed by atoms with Crippen LogP contribution in [0.2, 0.25) is 0 Å². The van der Waals surface area contributed by atoms with E-state index in [1.165, 1.54) is 33.5 Å². The zero-order valence-electron chi connectivity index (χ0n) is 18.9. The number of piperidine rings is 1. The first kappa shape index (κ1) is 21.1. The molecule has 4 heterocycles. The summed E-state index contributed by atoms with van der Waals surface area (Å²) in [5.41, 5.74) is 4.04. The van der Waals surface area contributed by atoms with E-state index in [0.717, 1.165) is 31.4 Å². The molecule has 2 saturated heterocycles. The van der Waals surface area contributed by atoms with Crippen molar-refractivity contribution in [2.24, 2.45) is 0 Å². The number of aromatic amines is 2. The van der Waals surface area contributed by atoms with Crippen molar-refractivity contribution in [2.75, 3.05) is 26.2 Å². The van der Waals surface area contributed by atoms with Gasteiger partial charge in [-0.3, -0.25) is 14.5 Å². The number of imide groups is 1. The van der Waals surface area contributed by atoms with Gasteiger partial charge in [0.05, 0.1) is 5.92 Å². The van der Waals surface area contributed by atoms with Crippen molar-refractivity contribution in [3.63, 3.8) is 0 Å². The average molecular weight is 459 g/mol. The van der Waals surface area contributed by atoms with Gasteiger partial charge in [-0.25, -0.2) is 4.39 Å². The molecule has 34 heavy (non-hydrogen) atoms. The van der Waals surface area contributed by atoms with E-state index in [2.05, 4.69) is 39.3 Å². The number of carbonyl (C=O) groups excluding carboxylic acids is 2. The number of para-hydroxylation sites is 1. The fourth-order valence-corrected chi connectivity index (χ4v) is 5.70. The van der Waals surface area contributed by atoms with E-state index in [-0.39, 0.29) is 24.1 Å². The van der Waals surface area contributed by atoms with Gasteiger partial charge in [-0.05, 0) is 67.2 Å². The molecule has 6 nitrogen and oxygen atoms in total. The van der Waals surface area contributed by atoms with Gasteiger partial charge >= 0.3 is 0 Å². The topological polar surface area (TPSA) is 72.2 Å². The summed E-state index contributed by atoms with van der Waals surface area (Å²) in [6, 6.07) is 12.9. The number of benzene rings is 2. The van der Waals surface area contributed by atoms with Crippen molar-refractivity contribution < 1.29 is 14.0 Å². The Labute approximate surface area is 196 Å². The van der Waals surface area contributed by atoms with Gasteiger partial charge in [-0.1, -0.05) is 18.2 Å². The summed E-state index contributed by atoms with van der Waals surface area (Å²) in [6.45, 7) is 2.99. The van der Waals surface area contributed by atoms with Crippen LogP contribution in [-0.2, 0) is 9.59 Å². The fourth-order valence-electron chi connectivity index (χ4n) is 5.70. The summed E-state index contributed by atoms with van der Waals surface area (Å²) in [4.78, 5) is 36.0. The van der Waals surface area contributed by atoms with Crippen LogP contribution in [-0.4, -0.2) is 57.8 Å². The van der Waals surface area contributed by atoms with Crippen molar-refractivity contribution in [1.29, 1.82) is 0 Å². The minimum Gasteiger partial charge on any atom is -0.361 e. The summed E-state index contributed by atoms with van der Waals surface area (Å²) in [5.74, 6) is -0.693. The Morgan fingerprint density at radius 1 is 0.882 bits per heavy atom. The van der Waals surface area contributed by atoms with E-state index in [1.807, 2.05) is 6.07 Å². The first-order chi connectivity index (χ1) is 16.6. The molecule has 4 aromatic rings. The second-order valence-electron chi connectivity index (χ2n) is 9.48. The van der Waals surface area contributed by atoms with Crippen molar-refractivity contribution >= 4 is 33.6 Å². The SMILES string of the molecule is O=C1CC(c2c[nH]c3ccc(F)cc23)C(=O)N1CCN1CCC(c2c[nH]c3ccccc23)CC1. The van der Waals surface area contributed by atoms with Crippen LogP contribution in [0.25, 0.3) is 21.8 Å². The minimum atomic E-state index is -0.546. The normalized spacial score (nSPS) is 20.3. The predicted molar refractivity (Wildman–Crippen MR) is 129 cm³/mol. The molecule has 0 bridgehead atoms. The Kier molecular flexibility index (Phi) is 5.21. The van der Waals surface area contributed by atoms with Crippen LogP contribution in [0.1, 0.15) is 42.2 Å². The largest absolute Gasteiger partial charge is 0.361 e. The van der Waals surface area contributed by atoms with E-state index in [1.54, 1.807) is 12.3 Å². The van der Waals surface area contributed by atoms with Crippen molar-refractivity contribution in [1.82, 2.24) is 19.8 Å². The molecular formula is C27H27FN4O2. The van der Waals surface area contributed by atoms with Gasteiger partial charge in [0.25, 0.3) is 0 Å². The molecular weight excluding hydrogens is 431 g/mol. The Morgan fingerprint density at radius 3 is 2.44 bits per heavy atom. The standard InChI is InChI=1S/C27H27FN4O2/c28-18-5-6-25-20(13-18)23(16-30-25)21-14-26(33)32(27(21)34)12-11-31-9-7-17(8-10-31)22-15-29-24-4-2-1-3-19(22)24/h1-6,13,15-17,21,29-30H,7-12,14H2. The lowest BCUT2D eigenvalue weighted by Crippen LogP contribution is -2.41. The Morgan fingerprint density at radius 2 is 1.62 bits per heavy atom. The number of carbonyl (C=O) groups is 2. The second-order valence-corrected chi connectivity index (χ2v) is 9.48. The monoisotopic (exact) mass is 458 g/mol. The Hall–Kier alpha value is -3.45. The average Bonchev–Trinajstić information content (AvgIpc) is 3.54.